The van der Waals surface area contributed by atoms with Crippen LogP contribution < -0.4 is 0 Å². The standard InChI is InChI=1S/C11H16O4/c1-6(2)11(15-8(4)13)9-5-10(9)14-7(3)12/h9-10H,5H2,1-4H3/t9-,10-/m0/s1. The SMILES string of the molecule is CC(=O)OC(=C(C)C)[C@H]1C[C@@H]1OC(C)=O. The van der Waals surface area contributed by atoms with Crippen molar-refractivity contribution >= 4 is 11.9 Å². The zero-order valence-corrected chi connectivity index (χ0v) is 9.49. The van der Waals surface area contributed by atoms with Crippen LogP contribution >= 0.6 is 0 Å². The van der Waals surface area contributed by atoms with E-state index in [4.69, 9.17) is 9.47 Å². The quantitative estimate of drug-likeness (QED) is 0.528. The molecule has 1 aliphatic rings. The number of carbonyl (C=O) groups excluding carboxylic acids is 2. The molecule has 0 aromatic carbocycles. The molecule has 15 heavy (non-hydrogen) atoms. The predicted molar refractivity (Wildman–Crippen MR) is 53.8 cm³/mol. The summed E-state index contributed by atoms with van der Waals surface area (Å²) in [6.45, 7) is 6.50. The molecule has 4 heteroatoms. The average molecular weight is 212 g/mol. The van der Waals surface area contributed by atoms with Crippen LogP contribution in [-0.2, 0) is 19.1 Å². The minimum atomic E-state index is -0.334. The fourth-order valence-corrected chi connectivity index (χ4v) is 1.49. The van der Waals surface area contributed by atoms with E-state index in [0.29, 0.717) is 5.76 Å². The Balaban J connectivity index is 2.59. The third kappa shape index (κ3) is 3.38. The highest BCUT2D eigenvalue weighted by Crippen LogP contribution is 2.41. The van der Waals surface area contributed by atoms with Gasteiger partial charge in [0.2, 0.25) is 0 Å². The molecule has 84 valence electrons. The molecule has 0 radical (unpaired) electrons. The summed E-state index contributed by atoms with van der Waals surface area (Å²) in [5.41, 5.74) is 0.949. The van der Waals surface area contributed by atoms with Crippen molar-refractivity contribution in [3.8, 4) is 0 Å². The number of allylic oxidation sites excluding steroid dienone is 1. The van der Waals surface area contributed by atoms with Gasteiger partial charge in [-0.25, -0.2) is 0 Å². The van der Waals surface area contributed by atoms with Crippen LogP contribution in [0.15, 0.2) is 11.3 Å². The summed E-state index contributed by atoms with van der Waals surface area (Å²) in [6, 6.07) is 0. The maximum Gasteiger partial charge on any atom is 0.307 e. The van der Waals surface area contributed by atoms with E-state index in [1.54, 1.807) is 0 Å². The third-order valence-electron chi connectivity index (χ3n) is 2.13. The molecule has 1 rings (SSSR count). The molecular formula is C11H16O4. The summed E-state index contributed by atoms with van der Waals surface area (Å²) < 4.78 is 10.1. The van der Waals surface area contributed by atoms with Gasteiger partial charge >= 0.3 is 11.9 Å². The molecule has 1 aliphatic carbocycles. The summed E-state index contributed by atoms with van der Waals surface area (Å²) in [5, 5.41) is 0. The van der Waals surface area contributed by atoms with Gasteiger partial charge in [0.05, 0.1) is 5.92 Å². The highest BCUT2D eigenvalue weighted by molar-refractivity contribution is 5.68. The monoisotopic (exact) mass is 212 g/mol. The van der Waals surface area contributed by atoms with Crippen LogP contribution in [0, 0.1) is 5.92 Å². The van der Waals surface area contributed by atoms with Gasteiger partial charge in [0, 0.05) is 13.8 Å². The Hall–Kier alpha value is -1.32. The van der Waals surface area contributed by atoms with Gasteiger partial charge in [0.25, 0.3) is 0 Å². The molecule has 0 aromatic rings. The number of carbonyl (C=O) groups is 2. The van der Waals surface area contributed by atoms with Crippen molar-refractivity contribution < 1.29 is 19.1 Å². The van der Waals surface area contributed by atoms with Crippen LogP contribution in [0.25, 0.3) is 0 Å². The van der Waals surface area contributed by atoms with Gasteiger partial charge < -0.3 is 9.47 Å². The van der Waals surface area contributed by atoms with Gasteiger partial charge in [-0.15, -0.1) is 0 Å². The zero-order valence-electron chi connectivity index (χ0n) is 9.49. The molecule has 0 spiro atoms. The molecule has 0 N–H and O–H groups in total. The van der Waals surface area contributed by atoms with Crippen molar-refractivity contribution in [3.05, 3.63) is 11.3 Å². The summed E-state index contributed by atoms with van der Waals surface area (Å²) in [6.07, 6.45) is 0.625. The van der Waals surface area contributed by atoms with Crippen molar-refractivity contribution in [2.24, 2.45) is 5.92 Å². The van der Waals surface area contributed by atoms with Gasteiger partial charge in [-0.1, -0.05) is 0 Å². The first-order chi connectivity index (χ1) is 6.91. The predicted octanol–water partition coefficient (Wildman–Crippen LogP) is 1.79. The highest BCUT2D eigenvalue weighted by atomic mass is 16.6. The molecule has 0 aliphatic heterocycles. The van der Waals surface area contributed by atoms with Crippen molar-refractivity contribution in [3.63, 3.8) is 0 Å². The molecule has 0 aromatic heterocycles. The van der Waals surface area contributed by atoms with Gasteiger partial charge in [0.15, 0.2) is 0 Å². The number of hydrogen-bond donors (Lipinski definition) is 0. The lowest BCUT2D eigenvalue weighted by Gasteiger charge is -2.08. The van der Waals surface area contributed by atoms with Crippen molar-refractivity contribution in [1.29, 1.82) is 0 Å². The molecule has 0 saturated heterocycles. The van der Waals surface area contributed by atoms with Crippen LogP contribution in [0.2, 0.25) is 0 Å². The van der Waals surface area contributed by atoms with E-state index in [-0.39, 0.29) is 24.0 Å². The molecule has 0 heterocycles. The van der Waals surface area contributed by atoms with Gasteiger partial charge in [-0.05, 0) is 25.8 Å². The maximum atomic E-state index is 10.9. The van der Waals surface area contributed by atoms with Crippen LogP contribution in [0.4, 0.5) is 0 Å². The van der Waals surface area contributed by atoms with Crippen LogP contribution in [0.3, 0.4) is 0 Å². The Morgan fingerprint density at radius 2 is 1.67 bits per heavy atom. The van der Waals surface area contributed by atoms with Crippen LogP contribution in [0.5, 0.6) is 0 Å². The normalized spacial score (nSPS) is 22.9. The van der Waals surface area contributed by atoms with Crippen molar-refractivity contribution in [2.75, 3.05) is 0 Å². The van der Waals surface area contributed by atoms with E-state index in [9.17, 15) is 9.59 Å². The molecule has 2 atom stereocenters. The van der Waals surface area contributed by atoms with E-state index in [0.717, 1.165) is 12.0 Å². The number of esters is 2. The second kappa shape index (κ2) is 4.47. The smallest absolute Gasteiger partial charge is 0.307 e. The molecule has 1 fully saturated rings. The summed E-state index contributed by atoms with van der Waals surface area (Å²) in [4.78, 5) is 21.6. The lowest BCUT2D eigenvalue weighted by molar-refractivity contribution is -0.142. The first-order valence-electron chi connectivity index (χ1n) is 4.94. The summed E-state index contributed by atoms with van der Waals surface area (Å²) in [7, 11) is 0. The summed E-state index contributed by atoms with van der Waals surface area (Å²) in [5.74, 6) is 0.0784. The fraction of sp³-hybridized carbons (Fsp3) is 0.636. The number of hydrogen-bond acceptors (Lipinski definition) is 4. The Morgan fingerprint density at radius 1 is 1.07 bits per heavy atom. The molecule has 1 saturated carbocycles. The zero-order chi connectivity index (χ0) is 11.6. The molecule has 0 unspecified atom stereocenters. The van der Waals surface area contributed by atoms with Gasteiger partial charge in [-0.2, -0.15) is 0 Å². The Bertz CT molecular complexity index is 313. The molecule has 0 bridgehead atoms. The minimum absolute atomic E-state index is 0.0581. The van der Waals surface area contributed by atoms with E-state index >= 15 is 0 Å². The summed E-state index contributed by atoms with van der Waals surface area (Å²) >= 11 is 0. The lowest BCUT2D eigenvalue weighted by Crippen LogP contribution is -2.08. The van der Waals surface area contributed by atoms with E-state index in [1.807, 2.05) is 13.8 Å². The highest BCUT2D eigenvalue weighted by Gasteiger charge is 2.45. The second-order valence-corrected chi connectivity index (χ2v) is 3.95. The van der Waals surface area contributed by atoms with E-state index in [1.165, 1.54) is 13.8 Å². The van der Waals surface area contributed by atoms with E-state index in [2.05, 4.69) is 0 Å². The average Bonchev–Trinajstić information content (AvgIpc) is 2.77. The van der Waals surface area contributed by atoms with Gasteiger partial charge in [-0.3, -0.25) is 9.59 Å². The van der Waals surface area contributed by atoms with Crippen LogP contribution in [-0.4, -0.2) is 18.0 Å². The van der Waals surface area contributed by atoms with Gasteiger partial charge in [0.1, 0.15) is 11.9 Å². The number of rotatable bonds is 3. The number of ether oxygens (including phenoxy) is 2. The fourth-order valence-electron chi connectivity index (χ4n) is 1.49. The van der Waals surface area contributed by atoms with Crippen LogP contribution in [0.1, 0.15) is 34.1 Å². The second-order valence-electron chi connectivity index (χ2n) is 3.95. The maximum absolute atomic E-state index is 10.9. The van der Waals surface area contributed by atoms with Crippen molar-refractivity contribution in [1.82, 2.24) is 0 Å². The molecular weight excluding hydrogens is 196 g/mol. The Morgan fingerprint density at radius 3 is 2.07 bits per heavy atom. The lowest BCUT2D eigenvalue weighted by atomic mass is 10.2. The minimum Gasteiger partial charge on any atom is -0.462 e. The molecule has 0 amide bonds. The largest absolute Gasteiger partial charge is 0.462 e. The first kappa shape index (κ1) is 11.8. The first-order valence-corrected chi connectivity index (χ1v) is 4.94. The van der Waals surface area contributed by atoms with Crippen molar-refractivity contribution in [2.45, 2.75) is 40.2 Å². The molecule has 4 nitrogen and oxygen atoms in total. The topological polar surface area (TPSA) is 52.6 Å². The Labute approximate surface area is 89.2 Å². The Kier molecular flexibility index (Phi) is 3.50. The van der Waals surface area contributed by atoms with E-state index < -0.39 is 0 Å². The third-order valence-corrected chi connectivity index (χ3v) is 2.13.